The van der Waals surface area contributed by atoms with Crippen LogP contribution in [-0.4, -0.2) is 86.2 Å². The minimum absolute atomic E-state index is 0.282. The molecule has 2 amide bonds. The van der Waals surface area contributed by atoms with Gasteiger partial charge >= 0.3 is 0 Å². The van der Waals surface area contributed by atoms with Crippen molar-refractivity contribution in [1.82, 2.24) is 25.0 Å². The number of amides is 2. The van der Waals surface area contributed by atoms with E-state index < -0.39 is 54.6 Å². The maximum Gasteiger partial charge on any atom is 0.262 e. The summed E-state index contributed by atoms with van der Waals surface area (Å²) in [6, 6.07) is -2.08. The van der Waals surface area contributed by atoms with E-state index in [9.17, 15) is 34.8 Å². The molecule has 0 aromatic rings. The minimum Gasteiger partial charge on any atom is -0.355 e. The average molecular weight is 484 g/mol. The SMILES string of the molecule is CCNC(=O)C(CC)NS(C)(=O)=O.CS(=O)(=O)NCC(NS(C)(=O)=O)C(=O)NO. The summed E-state index contributed by atoms with van der Waals surface area (Å²) in [5.41, 5.74) is 1.22. The van der Waals surface area contributed by atoms with E-state index in [2.05, 4.69) is 10.0 Å². The summed E-state index contributed by atoms with van der Waals surface area (Å²) in [6.45, 7) is 3.53. The molecule has 0 bridgehead atoms. The summed E-state index contributed by atoms with van der Waals surface area (Å²) >= 11 is 0. The fraction of sp³-hybridized carbons (Fsp3) is 0.833. The van der Waals surface area contributed by atoms with Crippen LogP contribution in [0.25, 0.3) is 0 Å². The highest BCUT2D eigenvalue weighted by atomic mass is 32.2. The van der Waals surface area contributed by atoms with Gasteiger partial charge in [-0.05, 0) is 13.3 Å². The summed E-state index contributed by atoms with van der Waals surface area (Å²) < 4.78 is 70.8. The highest BCUT2D eigenvalue weighted by molar-refractivity contribution is 7.89. The van der Waals surface area contributed by atoms with E-state index in [1.54, 1.807) is 13.8 Å². The molecule has 0 saturated carbocycles. The molecule has 0 aromatic carbocycles. The average Bonchev–Trinajstić information content (AvgIpc) is 2.54. The van der Waals surface area contributed by atoms with E-state index in [0.29, 0.717) is 13.0 Å². The van der Waals surface area contributed by atoms with Crippen LogP contribution in [-0.2, 0) is 39.7 Å². The Hall–Kier alpha value is -1.37. The molecule has 0 aliphatic carbocycles. The molecule has 29 heavy (non-hydrogen) atoms. The van der Waals surface area contributed by atoms with E-state index in [1.165, 1.54) is 5.48 Å². The van der Waals surface area contributed by atoms with Gasteiger partial charge in [-0.3, -0.25) is 14.8 Å². The molecule has 0 saturated heterocycles. The van der Waals surface area contributed by atoms with E-state index >= 15 is 0 Å². The van der Waals surface area contributed by atoms with E-state index in [1.807, 2.05) is 9.44 Å². The Morgan fingerprint density at radius 3 is 1.55 bits per heavy atom. The van der Waals surface area contributed by atoms with Gasteiger partial charge in [0, 0.05) is 13.1 Å². The second kappa shape index (κ2) is 13.0. The molecule has 0 rings (SSSR count). The maximum atomic E-state index is 11.2. The zero-order valence-corrected chi connectivity index (χ0v) is 19.2. The first kappa shape index (κ1) is 29.8. The smallest absolute Gasteiger partial charge is 0.262 e. The lowest BCUT2D eigenvalue weighted by atomic mass is 10.2. The largest absolute Gasteiger partial charge is 0.355 e. The number of hydrogen-bond acceptors (Lipinski definition) is 9. The van der Waals surface area contributed by atoms with Crippen molar-refractivity contribution >= 4 is 41.9 Å². The van der Waals surface area contributed by atoms with Crippen LogP contribution in [0.15, 0.2) is 0 Å². The van der Waals surface area contributed by atoms with Crippen molar-refractivity contribution in [3.8, 4) is 0 Å². The Morgan fingerprint density at radius 1 is 0.793 bits per heavy atom. The van der Waals surface area contributed by atoms with Crippen LogP contribution in [0, 0.1) is 0 Å². The third kappa shape index (κ3) is 18.4. The number of hydrogen-bond donors (Lipinski definition) is 6. The van der Waals surface area contributed by atoms with Crippen LogP contribution in [0.4, 0.5) is 0 Å². The quantitative estimate of drug-likeness (QED) is 0.126. The lowest BCUT2D eigenvalue weighted by Gasteiger charge is -2.15. The van der Waals surface area contributed by atoms with Crippen molar-refractivity contribution in [2.45, 2.75) is 32.4 Å². The summed E-state index contributed by atoms with van der Waals surface area (Å²) in [5.74, 6) is -1.35. The van der Waals surface area contributed by atoms with Crippen molar-refractivity contribution in [1.29, 1.82) is 0 Å². The Kier molecular flexibility index (Phi) is 13.4. The summed E-state index contributed by atoms with van der Waals surface area (Å²) in [6.07, 6.45) is 3.13. The second-order valence-electron chi connectivity index (χ2n) is 5.78. The van der Waals surface area contributed by atoms with Gasteiger partial charge in [-0.2, -0.15) is 0 Å². The summed E-state index contributed by atoms with van der Waals surface area (Å²) in [4.78, 5) is 22.2. The third-order valence-electron chi connectivity index (χ3n) is 2.76. The molecule has 0 fully saturated rings. The highest BCUT2D eigenvalue weighted by Crippen LogP contribution is 1.93. The van der Waals surface area contributed by atoms with Crippen molar-refractivity contribution in [2.75, 3.05) is 31.9 Å². The number of hydroxylamine groups is 1. The van der Waals surface area contributed by atoms with Gasteiger partial charge in [-0.25, -0.2) is 44.9 Å². The normalized spacial score (nSPS) is 14.1. The predicted molar refractivity (Wildman–Crippen MR) is 105 cm³/mol. The molecule has 14 nitrogen and oxygen atoms in total. The van der Waals surface area contributed by atoms with E-state index in [0.717, 1.165) is 18.8 Å². The number of sulfonamides is 3. The molecule has 0 spiro atoms. The first-order valence-corrected chi connectivity index (χ1v) is 13.7. The molecular weight excluding hydrogens is 454 g/mol. The number of carbonyl (C=O) groups is 2. The van der Waals surface area contributed by atoms with Crippen molar-refractivity contribution < 1.29 is 40.0 Å². The fourth-order valence-electron chi connectivity index (χ4n) is 1.64. The molecule has 0 aromatic heterocycles. The second-order valence-corrected chi connectivity index (χ2v) is 11.2. The highest BCUT2D eigenvalue weighted by Gasteiger charge is 2.22. The lowest BCUT2D eigenvalue weighted by Crippen LogP contribution is -2.51. The Labute approximate surface area is 171 Å². The molecular formula is C12H29N5O9S3. The minimum atomic E-state index is -3.70. The Balaban J connectivity index is 0. The van der Waals surface area contributed by atoms with Gasteiger partial charge in [-0.1, -0.05) is 6.92 Å². The van der Waals surface area contributed by atoms with E-state index in [-0.39, 0.29) is 5.91 Å². The molecule has 0 heterocycles. The van der Waals surface area contributed by atoms with Crippen molar-refractivity contribution in [2.24, 2.45) is 0 Å². The summed E-state index contributed by atoms with van der Waals surface area (Å²) in [5, 5.41) is 10.9. The van der Waals surface area contributed by atoms with Crippen LogP contribution in [0.2, 0.25) is 0 Å². The van der Waals surface area contributed by atoms with Gasteiger partial charge in [0.05, 0.1) is 18.8 Å². The van der Waals surface area contributed by atoms with Gasteiger partial charge in [-0.15, -0.1) is 0 Å². The van der Waals surface area contributed by atoms with E-state index in [4.69, 9.17) is 5.21 Å². The fourth-order valence-corrected chi connectivity index (χ4v) is 3.60. The third-order valence-corrected chi connectivity index (χ3v) is 4.88. The zero-order chi connectivity index (χ0) is 23.5. The predicted octanol–water partition coefficient (Wildman–Crippen LogP) is -3.59. The number of nitrogens with one attached hydrogen (secondary N) is 5. The standard InChI is InChI=1S/C7H16N2O3S.C5H13N3O6S2/c1-4-6(7(10)8-5-2)9-13(3,11)12;1-15(11,12)6-3-4(5(9)7-10)8-16(2,13)14/h6,9H,4-5H2,1-3H3,(H,8,10);4,6,8,10H,3H2,1-2H3,(H,7,9). The number of carbonyl (C=O) groups excluding carboxylic acids is 2. The van der Waals surface area contributed by atoms with Crippen molar-refractivity contribution in [3.63, 3.8) is 0 Å². The zero-order valence-electron chi connectivity index (χ0n) is 16.7. The van der Waals surface area contributed by atoms with Gasteiger partial charge in [0.1, 0.15) is 12.1 Å². The molecule has 0 aliphatic heterocycles. The van der Waals surface area contributed by atoms with Gasteiger partial charge in [0.25, 0.3) is 5.91 Å². The van der Waals surface area contributed by atoms with Gasteiger partial charge in [0.2, 0.25) is 36.0 Å². The van der Waals surface area contributed by atoms with Gasteiger partial charge < -0.3 is 5.32 Å². The molecule has 2 atom stereocenters. The Bertz CT molecular complexity index is 840. The van der Waals surface area contributed by atoms with Crippen LogP contribution in [0.5, 0.6) is 0 Å². The van der Waals surface area contributed by atoms with Crippen LogP contribution in [0.1, 0.15) is 20.3 Å². The molecule has 0 aliphatic rings. The molecule has 0 radical (unpaired) electrons. The molecule has 174 valence electrons. The first-order valence-electron chi connectivity index (χ1n) is 8.06. The topological polar surface area (TPSA) is 217 Å². The Morgan fingerprint density at radius 2 is 1.24 bits per heavy atom. The molecule has 2 unspecified atom stereocenters. The maximum absolute atomic E-state index is 11.2. The number of rotatable bonds is 11. The van der Waals surface area contributed by atoms with Crippen LogP contribution >= 0.6 is 0 Å². The molecule has 17 heteroatoms. The lowest BCUT2D eigenvalue weighted by molar-refractivity contribution is -0.130. The summed E-state index contributed by atoms with van der Waals surface area (Å²) in [7, 11) is -10.6. The monoisotopic (exact) mass is 483 g/mol. The molecule has 6 N–H and O–H groups in total. The van der Waals surface area contributed by atoms with Crippen LogP contribution in [0.3, 0.4) is 0 Å². The number of likely N-dealkylation sites (N-methyl/N-ethyl adjacent to an activating group) is 1. The van der Waals surface area contributed by atoms with Crippen molar-refractivity contribution in [3.05, 3.63) is 0 Å². The first-order chi connectivity index (χ1) is 13.0. The van der Waals surface area contributed by atoms with Crippen LogP contribution < -0.4 is 25.0 Å². The van der Waals surface area contributed by atoms with Gasteiger partial charge in [0.15, 0.2) is 0 Å².